The molecule has 0 aliphatic carbocycles. The van der Waals surface area contributed by atoms with E-state index in [-0.39, 0.29) is 19.0 Å². The molecule has 0 radical (unpaired) electrons. The van der Waals surface area contributed by atoms with Gasteiger partial charge in [-0.1, -0.05) is 0 Å². The molecule has 0 aromatic carbocycles. The maximum absolute atomic E-state index is 12.3. The Kier molecular flexibility index (Phi) is 4.71. The van der Waals surface area contributed by atoms with Crippen LogP contribution in [-0.4, -0.2) is 40.9 Å². The largest absolute Gasteiger partial charge is 0.405 e. The third kappa shape index (κ3) is 4.08. The van der Waals surface area contributed by atoms with E-state index in [1.54, 1.807) is 0 Å². The minimum absolute atomic E-state index is 0.119. The number of aromatic nitrogens is 2. The van der Waals surface area contributed by atoms with Gasteiger partial charge >= 0.3 is 6.18 Å². The lowest BCUT2D eigenvalue weighted by Gasteiger charge is -2.24. The molecule has 0 saturated heterocycles. The topological polar surface area (TPSA) is 49.2 Å². The van der Waals surface area contributed by atoms with Crippen LogP contribution in [0, 0.1) is 3.57 Å². The number of alkyl halides is 3. The summed E-state index contributed by atoms with van der Waals surface area (Å²) in [6.45, 7) is -1.62. The Morgan fingerprint density at radius 2 is 2.12 bits per heavy atom. The number of rotatable bonds is 4. The molecule has 0 unspecified atom stereocenters. The van der Waals surface area contributed by atoms with Crippen LogP contribution >= 0.6 is 22.6 Å². The monoisotopic (exact) mass is 347 g/mol. The molecule has 90 valence electrons. The average Bonchev–Trinajstić information content (AvgIpc) is 2.16. The predicted molar refractivity (Wildman–Crippen MR) is 60.1 cm³/mol. The van der Waals surface area contributed by atoms with E-state index in [1.807, 2.05) is 22.6 Å². The van der Waals surface area contributed by atoms with Crippen LogP contribution in [0.4, 0.5) is 19.0 Å². The first kappa shape index (κ1) is 13.4. The SMILES string of the molecule is OCCN(CC(F)(F)F)c1ncncc1I. The highest BCUT2D eigenvalue weighted by Crippen LogP contribution is 2.23. The third-order valence-corrected chi connectivity index (χ3v) is 2.45. The first-order chi connectivity index (χ1) is 7.44. The van der Waals surface area contributed by atoms with E-state index in [4.69, 9.17) is 5.11 Å². The van der Waals surface area contributed by atoms with Gasteiger partial charge in [-0.3, -0.25) is 0 Å². The Bertz CT molecular complexity index is 348. The summed E-state index contributed by atoms with van der Waals surface area (Å²) in [5.74, 6) is 0.182. The fourth-order valence-electron chi connectivity index (χ4n) is 1.14. The van der Waals surface area contributed by atoms with E-state index in [9.17, 15) is 13.2 Å². The van der Waals surface area contributed by atoms with Crippen molar-refractivity contribution in [3.63, 3.8) is 0 Å². The number of nitrogens with zero attached hydrogens (tertiary/aromatic N) is 3. The van der Waals surface area contributed by atoms with Gasteiger partial charge < -0.3 is 10.0 Å². The van der Waals surface area contributed by atoms with Crippen LogP contribution in [0.1, 0.15) is 0 Å². The molecule has 0 spiro atoms. The van der Waals surface area contributed by atoms with Crippen LogP contribution in [0.3, 0.4) is 0 Å². The summed E-state index contributed by atoms with van der Waals surface area (Å²) in [5.41, 5.74) is 0. The van der Waals surface area contributed by atoms with E-state index >= 15 is 0 Å². The Morgan fingerprint density at radius 3 is 2.62 bits per heavy atom. The zero-order chi connectivity index (χ0) is 12.2. The number of aliphatic hydroxyl groups excluding tert-OH is 1. The van der Waals surface area contributed by atoms with Crippen LogP contribution < -0.4 is 4.90 Å². The van der Waals surface area contributed by atoms with Gasteiger partial charge in [0.2, 0.25) is 0 Å². The van der Waals surface area contributed by atoms with Gasteiger partial charge in [0.1, 0.15) is 18.7 Å². The van der Waals surface area contributed by atoms with E-state index < -0.39 is 12.7 Å². The number of aliphatic hydroxyl groups is 1. The van der Waals surface area contributed by atoms with Crippen LogP contribution in [0.15, 0.2) is 12.5 Å². The van der Waals surface area contributed by atoms with Gasteiger partial charge in [-0.15, -0.1) is 0 Å². The lowest BCUT2D eigenvalue weighted by atomic mass is 10.4. The molecule has 1 rings (SSSR count). The van der Waals surface area contributed by atoms with Gasteiger partial charge in [0.15, 0.2) is 0 Å². The molecule has 4 nitrogen and oxygen atoms in total. The van der Waals surface area contributed by atoms with Crippen molar-refractivity contribution < 1.29 is 18.3 Å². The Hall–Kier alpha value is -0.640. The second kappa shape index (κ2) is 5.62. The normalized spacial score (nSPS) is 11.6. The second-order valence-electron chi connectivity index (χ2n) is 2.95. The van der Waals surface area contributed by atoms with Crippen molar-refractivity contribution in [2.45, 2.75) is 6.18 Å². The zero-order valence-electron chi connectivity index (χ0n) is 8.08. The Morgan fingerprint density at radius 1 is 1.44 bits per heavy atom. The van der Waals surface area contributed by atoms with E-state index in [2.05, 4.69) is 9.97 Å². The molecule has 1 aromatic heterocycles. The lowest BCUT2D eigenvalue weighted by Crippen LogP contribution is -2.37. The van der Waals surface area contributed by atoms with Crippen LogP contribution in [0.25, 0.3) is 0 Å². The van der Waals surface area contributed by atoms with Crippen molar-refractivity contribution in [3.8, 4) is 0 Å². The molecule has 0 atom stereocenters. The summed E-state index contributed by atoms with van der Waals surface area (Å²) < 4.78 is 37.3. The van der Waals surface area contributed by atoms with Gasteiger partial charge in [0.25, 0.3) is 0 Å². The second-order valence-corrected chi connectivity index (χ2v) is 4.12. The highest BCUT2D eigenvalue weighted by molar-refractivity contribution is 14.1. The summed E-state index contributed by atoms with van der Waals surface area (Å²) in [7, 11) is 0. The minimum Gasteiger partial charge on any atom is -0.395 e. The van der Waals surface area contributed by atoms with Gasteiger partial charge in [-0.2, -0.15) is 13.2 Å². The van der Waals surface area contributed by atoms with Crippen molar-refractivity contribution in [2.24, 2.45) is 0 Å². The molecule has 16 heavy (non-hydrogen) atoms. The molecule has 1 aromatic rings. The highest BCUT2D eigenvalue weighted by Gasteiger charge is 2.31. The van der Waals surface area contributed by atoms with Crippen molar-refractivity contribution in [2.75, 3.05) is 24.6 Å². The molecule has 0 bridgehead atoms. The van der Waals surface area contributed by atoms with Crippen LogP contribution in [0.5, 0.6) is 0 Å². The van der Waals surface area contributed by atoms with Gasteiger partial charge in [0.05, 0.1) is 10.2 Å². The lowest BCUT2D eigenvalue weighted by molar-refractivity contribution is -0.120. The van der Waals surface area contributed by atoms with Crippen molar-refractivity contribution >= 4 is 28.4 Å². The minimum atomic E-state index is -4.33. The van der Waals surface area contributed by atoms with Crippen LogP contribution in [-0.2, 0) is 0 Å². The zero-order valence-corrected chi connectivity index (χ0v) is 10.2. The molecule has 0 aliphatic rings. The fourth-order valence-corrected chi connectivity index (χ4v) is 1.78. The summed E-state index contributed by atoms with van der Waals surface area (Å²) in [5, 5.41) is 8.73. The summed E-state index contributed by atoms with van der Waals surface area (Å²) in [6.07, 6.45) is -1.73. The molecule has 0 fully saturated rings. The number of anilines is 1. The number of hydrogen-bond acceptors (Lipinski definition) is 4. The first-order valence-corrected chi connectivity index (χ1v) is 5.40. The maximum atomic E-state index is 12.3. The number of hydrogen-bond donors (Lipinski definition) is 1. The average molecular weight is 347 g/mol. The Balaban J connectivity index is 2.89. The smallest absolute Gasteiger partial charge is 0.395 e. The molecule has 1 heterocycles. The standard InChI is InChI=1S/C8H9F3IN3O/c9-8(10,11)4-15(1-2-16)7-6(12)3-13-5-14-7/h3,5,16H,1-2,4H2. The van der Waals surface area contributed by atoms with Gasteiger partial charge in [0, 0.05) is 12.7 Å². The molecular weight excluding hydrogens is 338 g/mol. The van der Waals surface area contributed by atoms with E-state index in [0.717, 1.165) is 4.90 Å². The molecule has 0 saturated carbocycles. The van der Waals surface area contributed by atoms with Gasteiger partial charge in [-0.05, 0) is 22.6 Å². The molecule has 1 N–H and O–H groups in total. The first-order valence-electron chi connectivity index (χ1n) is 4.32. The Labute approximate surface area is 104 Å². The summed E-state index contributed by atoms with van der Waals surface area (Å²) in [4.78, 5) is 8.45. The maximum Gasteiger partial charge on any atom is 0.405 e. The summed E-state index contributed by atoms with van der Waals surface area (Å²) >= 11 is 1.85. The van der Waals surface area contributed by atoms with E-state index in [1.165, 1.54) is 12.5 Å². The molecular formula is C8H9F3IN3O. The molecule has 8 heteroatoms. The number of halogens is 4. The molecule has 0 amide bonds. The van der Waals surface area contributed by atoms with Crippen molar-refractivity contribution in [1.82, 2.24) is 9.97 Å². The molecule has 0 aliphatic heterocycles. The van der Waals surface area contributed by atoms with Crippen molar-refractivity contribution in [1.29, 1.82) is 0 Å². The predicted octanol–water partition coefficient (Wildman–Crippen LogP) is 1.44. The third-order valence-electron chi connectivity index (χ3n) is 1.69. The quantitative estimate of drug-likeness (QED) is 0.838. The van der Waals surface area contributed by atoms with Crippen LogP contribution in [0.2, 0.25) is 0 Å². The summed E-state index contributed by atoms with van der Waals surface area (Å²) in [6, 6.07) is 0. The highest BCUT2D eigenvalue weighted by atomic mass is 127. The van der Waals surface area contributed by atoms with E-state index in [0.29, 0.717) is 3.57 Å². The van der Waals surface area contributed by atoms with Gasteiger partial charge in [-0.25, -0.2) is 9.97 Å². The fraction of sp³-hybridized carbons (Fsp3) is 0.500. The van der Waals surface area contributed by atoms with Crippen molar-refractivity contribution in [3.05, 3.63) is 16.1 Å².